The fourth-order valence-corrected chi connectivity index (χ4v) is 3.84. The first-order valence-corrected chi connectivity index (χ1v) is 13.4. The van der Waals surface area contributed by atoms with Crippen LogP contribution >= 0.6 is 11.6 Å². The highest BCUT2D eigenvalue weighted by Gasteiger charge is 2.50. The minimum atomic E-state index is -5.39. The number of carbonyl (C=O) groups excluding carboxylic acids is 2. The number of primary amides is 1. The molecule has 0 aliphatic rings. The third kappa shape index (κ3) is 7.86. The molecule has 1 amide bonds. The Hall–Kier alpha value is -4.31. The van der Waals surface area contributed by atoms with Gasteiger partial charge >= 0.3 is 23.8 Å². The largest absolute Gasteiger partial charge is 0.491 e. The van der Waals surface area contributed by atoms with E-state index in [0.717, 1.165) is 6.26 Å². The number of hydrogen-bond donors (Lipinski definition) is 4. The number of halogens is 4. The van der Waals surface area contributed by atoms with E-state index >= 15 is 0 Å². The van der Waals surface area contributed by atoms with E-state index in [1.807, 2.05) is 0 Å². The van der Waals surface area contributed by atoms with Gasteiger partial charge in [-0.15, -0.1) is 0 Å². The summed E-state index contributed by atoms with van der Waals surface area (Å²) in [6.45, 7) is 1.25. The summed E-state index contributed by atoms with van der Waals surface area (Å²) in [6, 6.07) is 11.9. The molecule has 12 nitrogen and oxygen atoms in total. The van der Waals surface area contributed by atoms with Gasteiger partial charge in [0.05, 0.1) is 23.8 Å². The molecule has 214 valence electrons. The predicted octanol–water partition coefficient (Wildman–Crippen LogP) is 4.06. The van der Waals surface area contributed by atoms with Gasteiger partial charge in [0.25, 0.3) is 0 Å². The smallest absolute Gasteiger partial charge is 0.444 e. The second-order valence-corrected chi connectivity index (χ2v) is 10.2. The number of carbonyl (C=O) groups is 2. The van der Waals surface area contributed by atoms with Crippen LogP contribution in [-0.2, 0) is 24.3 Å². The van der Waals surface area contributed by atoms with E-state index in [1.165, 1.54) is 43.5 Å². The number of sulfonamides is 1. The third-order valence-corrected chi connectivity index (χ3v) is 5.79. The van der Waals surface area contributed by atoms with Crippen LogP contribution in [0.2, 0.25) is 5.02 Å². The number of nitrogens with zero attached hydrogens (tertiary/aromatic N) is 2. The van der Waals surface area contributed by atoms with Crippen LogP contribution < -0.4 is 25.8 Å². The number of para-hydroxylation sites is 2. The molecule has 40 heavy (non-hydrogen) atoms. The van der Waals surface area contributed by atoms with Gasteiger partial charge in [-0.2, -0.15) is 18.2 Å². The van der Waals surface area contributed by atoms with E-state index in [0.29, 0.717) is 5.69 Å². The van der Waals surface area contributed by atoms with E-state index < -0.39 is 40.3 Å². The van der Waals surface area contributed by atoms with E-state index in [9.17, 15) is 31.2 Å². The lowest BCUT2D eigenvalue weighted by molar-refractivity contribution is -0.237. The molecule has 0 saturated carbocycles. The molecular weight excluding hydrogens is 581 g/mol. The van der Waals surface area contributed by atoms with Crippen molar-refractivity contribution < 1.29 is 40.7 Å². The fraction of sp³-hybridized carbons (Fsp3) is 0.217. The standard InChI is InChI=1S/C23H22ClF3N6O6S/c1-3-22(19(28)34,39-20(35)23(25,26)27)38-14-8-6-7-13(11-14)30-21-29-12-15(24)18(32-21)31-16-9-4-5-10-17(16)33-40(2,36)37/h4-12,33H,3H2,1-2H3,(H2,28,34)(H2,29,30,31,32). The Bertz CT molecular complexity index is 1520. The van der Waals surface area contributed by atoms with E-state index in [-0.39, 0.29) is 33.9 Å². The summed E-state index contributed by atoms with van der Waals surface area (Å²) in [6.07, 6.45) is -3.65. The van der Waals surface area contributed by atoms with Crippen LogP contribution in [0.15, 0.2) is 54.7 Å². The number of ether oxygens (including phenoxy) is 2. The first-order valence-electron chi connectivity index (χ1n) is 11.1. The van der Waals surface area contributed by atoms with Crippen LogP contribution in [0.1, 0.15) is 13.3 Å². The lowest BCUT2D eigenvalue weighted by Crippen LogP contribution is -2.53. The highest BCUT2D eigenvalue weighted by atomic mass is 35.5. The van der Waals surface area contributed by atoms with Gasteiger partial charge in [-0.05, 0) is 24.3 Å². The van der Waals surface area contributed by atoms with Crippen LogP contribution in [0, 0.1) is 0 Å². The van der Waals surface area contributed by atoms with Gasteiger partial charge in [-0.25, -0.2) is 18.2 Å². The molecule has 5 N–H and O–H groups in total. The molecule has 1 atom stereocenters. The molecule has 3 aromatic rings. The molecule has 17 heteroatoms. The lowest BCUT2D eigenvalue weighted by atomic mass is 10.2. The predicted molar refractivity (Wildman–Crippen MR) is 140 cm³/mol. The molecule has 0 aliphatic heterocycles. The number of hydrogen-bond acceptors (Lipinski definition) is 10. The Morgan fingerprint density at radius 3 is 2.35 bits per heavy atom. The first kappa shape index (κ1) is 30.2. The minimum Gasteiger partial charge on any atom is -0.444 e. The van der Waals surface area contributed by atoms with Gasteiger partial charge in [-0.1, -0.05) is 36.7 Å². The van der Waals surface area contributed by atoms with Gasteiger partial charge < -0.3 is 25.8 Å². The SMILES string of the molecule is CCC(OC(=O)C(F)(F)F)(Oc1cccc(Nc2ncc(Cl)c(Nc3ccccc3NS(C)(=O)=O)n2)c1)C(N)=O. The van der Waals surface area contributed by atoms with E-state index in [1.54, 1.807) is 18.2 Å². The van der Waals surface area contributed by atoms with Gasteiger partial charge in [0.15, 0.2) is 5.82 Å². The molecular formula is C23H22ClF3N6O6S. The highest BCUT2D eigenvalue weighted by molar-refractivity contribution is 7.92. The summed E-state index contributed by atoms with van der Waals surface area (Å²) < 4.78 is 73.7. The Balaban J connectivity index is 1.85. The molecule has 1 unspecified atom stereocenters. The topological polar surface area (TPSA) is 175 Å². The number of amides is 1. The number of nitrogens with two attached hydrogens (primary N) is 1. The molecule has 1 aromatic heterocycles. The lowest BCUT2D eigenvalue weighted by Gasteiger charge is -2.30. The monoisotopic (exact) mass is 602 g/mol. The number of aromatic nitrogens is 2. The van der Waals surface area contributed by atoms with Crippen molar-refractivity contribution in [3.8, 4) is 5.75 Å². The van der Waals surface area contributed by atoms with Gasteiger partial charge in [0.1, 0.15) is 10.8 Å². The summed E-state index contributed by atoms with van der Waals surface area (Å²) in [5.41, 5.74) is 6.05. The summed E-state index contributed by atoms with van der Waals surface area (Å²) in [5.74, 6) is -6.90. The highest BCUT2D eigenvalue weighted by Crippen LogP contribution is 2.31. The quantitative estimate of drug-likeness (QED) is 0.185. The van der Waals surface area contributed by atoms with Gasteiger partial charge in [0, 0.05) is 18.2 Å². The first-order chi connectivity index (χ1) is 18.6. The van der Waals surface area contributed by atoms with Crippen LogP contribution in [-0.4, -0.2) is 48.5 Å². The zero-order chi connectivity index (χ0) is 29.7. The van der Waals surface area contributed by atoms with Crippen molar-refractivity contribution >= 4 is 62.3 Å². The summed E-state index contributed by atoms with van der Waals surface area (Å²) in [7, 11) is -3.58. The molecule has 0 aliphatic carbocycles. The number of esters is 1. The Labute approximate surface area is 231 Å². The number of anilines is 5. The zero-order valence-electron chi connectivity index (χ0n) is 20.7. The molecule has 0 radical (unpaired) electrons. The molecule has 0 spiro atoms. The zero-order valence-corrected chi connectivity index (χ0v) is 22.3. The summed E-state index contributed by atoms with van der Waals surface area (Å²) in [4.78, 5) is 31.7. The van der Waals surface area contributed by atoms with E-state index in [2.05, 4.69) is 30.1 Å². The van der Waals surface area contributed by atoms with Crippen molar-refractivity contribution in [3.05, 3.63) is 59.8 Å². The van der Waals surface area contributed by atoms with Gasteiger partial charge in [-0.3, -0.25) is 9.52 Å². The number of alkyl halides is 3. The average Bonchev–Trinajstić information content (AvgIpc) is 2.85. The van der Waals surface area contributed by atoms with Crippen LogP contribution in [0.25, 0.3) is 0 Å². The van der Waals surface area contributed by atoms with Crippen molar-refractivity contribution in [2.24, 2.45) is 5.73 Å². The molecule has 3 rings (SSSR count). The molecule has 0 bridgehead atoms. The summed E-state index contributed by atoms with van der Waals surface area (Å²) in [5, 5.41) is 5.84. The number of benzene rings is 2. The fourth-order valence-electron chi connectivity index (χ4n) is 3.13. The van der Waals surface area contributed by atoms with Crippen LogP contribution in [0.4, 0.5) is 42.0 Å². The maximum Gasteiger partial charge on any atom is 0.491 e. The van der Waals surface area contributed by atoms with E-state index in [4.69, 9.17) is 22.1 Å². The minimum absolute atomic E-state index is 0.00208. The number of rotatable bonds is 11. The number of nitrogens with one attached hydrogen (secondary N) is 3. The Kier molecular flexibility index (Phi) is 8.94. The normalized spacial score (nSPS) is 13.1. The Morgan fingerprint density at radius 1 is 1.07 bits per heavy atom. The second-order valence-electron chi connectivity index (χ2n) is 8.05. The Morgan fingerprint density at radius 2 is 1.75 bits per heavy atom. The molecule has 0 fully saturated rings. The molecule has 1 heterocycles. The van der Waals surface area contributed by atoms with Crippen molar-refractivity contribution in [2.75, 3.05) is 21.6 Å². The maximum absolute atomic E-state index is 12.8. The van der Waals surface area contributed by atoms with Crippen molar-refractivity contribution in [2.45, 2.75) is 25.3 Å². The van der Waals surface area contributed by atoms with Crippen LogP contribution in [0.3, 0.4) is 0 Å². The van der Waals surface area contributed by atoms with Crippen molar-refractivity contribution in [1.29, 1.82) is 0 Å². The molecule has 0 saturated heterocycles. The van der Waals surface area contributed by atoms with Crippen LogP contribution in [0.5, 0.6) is 5.75 Å². The van der Waals surface area contributed by atoms with Crippen molar-refractivity contribution in [3.63, 3.8) is 0 Å². The second kappa shape index (κ2) is 11.8. The summed E-state index contributed by atoms with van der Waals surface area (Å²) >= 11 is 6.21. The molecule has 2 aromatic carbocycles. The average molecular weight is 603 g/mol. The third-order valence-electron chi connectivity index (χ3n) is 4.92. The maximum atomic E-state index is 12.8. The van der Waals surface area contributed by atoms with Gasteiger partial charge in [0.2, 0.25) is 16.0 Å². The van der Waals surface area contributed by atoms with Crippen molar-refractivity contribution in [1.82, 2.24) is 9.97 Å².